The maximum atomic E-state index is 11.5. The van der Waals surface area contributed by atoms with Gasteiger partial charge in [-0.15, -0.1) is 0 Å². The zero-order valence-corrected chi connectivity index (χ0v) is 12.5. The summed E-state index contributed by atoms with van der Waals surface area (Å²) in [6, 6.07) is 5.48. The van der Waals surface area contributed by atoms with Crippen molar-refractivity contribution in [2.75, 3.05) is 13.2 Å². The van der Waals surface area contributed by atoms with Crippen LogP contribution >= 0.6 is 15.9 Å². The van der Waals surface area contributed by atoms with Gasteiger partial charge in [0.25, 0.3) is 5.91 Å². The number of aliphatic hydroxyl groups is 1. The number of aryl methyl sites for hydroxylation is 1. The number of carboxylic acids is 1. The van der Waals surface area contributed by atoms with Crippen LogP contribution < -0.4 is 10.1 Å². The zero-order valence-electron chi connectivity index (χ0n) is 10.9. The van der Waals surface area contributed by atoms with Gasteiger partial charge in [0.05, 0.1) is 4.47 Å². The predicted molar refractivity (Wildman–Crippen MR) is 75.6 cm³/mol. The number of ether oxygens (including phenoxy) is 1. The summed E-state index contributed by atoms with van der Waals surface area (Å²) in [5, 5.41) is 19.9. The van der Waals surface area contributed by atoms with Gasteiger partial charge in [0.2, 0.25) is 0 Å². The van der Waals surface area contributed by atoms with Gasteiger partial charge in [-0.1, -0.05) is 6.07 Å². The van der Waals surface area contributed by atoms with E-state index in [1.807, 2.05) is 19.1 Å². The van der Waals surface area contributed by atoms with Crippen LogP contribution in [0, 0.1) is 6.92 Å². The van der Waals surface area contributed by atoms with E-state index in [2.05, 4.69) is 21.2 Å². The number of aliphatic carboxylic acids is 1. The Hall–Kier alpha value is -1.60. The Bertz CT molecular complexity index is 492. The molecule has 1 aromatic carbocycles. The second kappa shape index (κ2) is 7.86. The molecule has 0 saturated heterocycles. The fourth-order valence-corrected chi connectivity index (χ4v) is 2.00. The molecule has 6 nitrogen and oxygen atoms in total. The molecular weight excluding hydrogens is 330 g/mol. The molecule has 1 aromatic rings. The lowest BCUT2D eigenvalue weighted by molar-refractivity contribution is -0.147. The van der Waals surface area contributed by atoms with E-state index in [0.29, 0.717) is 5.75 Å². The number of nitrogens with one attached hydrogen (secondary N) is 1. The van der Waals surface area contributed by atoms with Gasteiger partial charge in [-0.05, 0) is 40.5 Å². The summed E-state index contributed by atoms with van der Waals surface area (Å²) in [5.41, 5.74) is 1.07. The first-order chi connectivity index (χ1) is 9.40. The number of rotatable bonds is 7. The van der Waals surface area contributed by atoms with Crippen molar-refractivity contribution in [1.29, 1.82) is 0 Å². The summed E-state index contributed by atoms with van der Waals surface area (Å²) in [7, 11) is 0. The number of carbonyl (C=O) groups excluding carboxylic acids is 1. The fraction of sp³-hybridized carbons (Fsp3) is 0.385. The van der Waals surface area contributed by atoms with Crippen molar-refractivity contribution < 1.29 is 24.5 Å². The van der Waals surface area contributed by atoms with Gasteiger partial charge in [-0.3, -0.25) is 4.79 Å². The van der Waals surface area contributed by atoms with Gasteiger partial charge in [-0.2, -0.15) is 0 Å². The molecule has 0 heterocycles. The van der Waals surface area contributed by atoms with E-state index in [1.165, 1.54) is 0 Å². The Morgan fingerprint density at radius 1 is 1.45 bits per heavy atom. The third-order valence-corrected chi connectivity index (χ3v) is 3.09. The first-order valence-electron chi connectivity index (χ1n) is 5.96. The second-order valence-corrected chi connectivity index (χ2v) is 5.07. The molecule has 0 fully saturated rings. The van der Waals surface area contributed by atoms with Crippen LogP contribution in [0.1, 0.15) is 12.0 Å². The van der Waals surface area contributed by atoms with Crippen LogP contribution in [0.3, 0.4) is 0 Å². The lowest BCUT2D eigenvalue weighted by atomic mass is 10.2. The Morgan fingerprint density at radius 3 is 2.75 bits per heavy atom. The Kier molecular flexibility index (Phi) is 6.47. The van der Waals surface area contributed by atoms with Crippen molar-refractivity contribution in [2.45, 2.75) is 19.4 Å². The molecule has 1 rings (SSSR count). The average molecular weight is 346 g/mol. The summed E-state index contributed by atoms with van der Waals surface area (Å²) >= 11 is 3.33. The quantitative estimate of drug-likeness (QED) is 0.687. The molecule has 1 amide bonds. The smallest absolute Gasteiger partial charge is 0.332 e. The maximum Gasteiger partial charge on any atom is 0.332 e. The first kappa shape index (κ1) is 16.5. The number of hydrogen-bond donors (Lipinski definition) is 3. The topological polar surface area (TPSA) is 95.9 Å². The summed E-state index contributed by atoms with van der Waals surface area (Å²) in [4.78, 5) is 21.8. The van der Waals surface area contributed by atoms with Crippen molar-refractivity contribution in [3.8, 4) is 5.75 Å². The van der Waals surface area contributed by atoms with E-state index in [4.69, 9.17) is 14.9 Å². The van der Waals surface area contributed by atoms with Crippen LogP contribution in [-0.4, -0.2) is 41.3 Å². The normalized spacial score (nSPS) is 11.8. The molecule has 0 aliphatic heterocycles. The van der Waals surface area contributed by atoms with Gasteiger partial charge in [0.1, 0.15) is 5.75 Å². The third-order valence-electron chi connectivity index (χ3n) is 2.47. The van der Waals surface area contributed by atoms with Crippen molar-refractivity contribution >= 4 is 27.8 Å². The minimum Gasteiger partial charge on any atom is -0.483 e. The predicted octanol–water partition coefficient (Wildman–Crippen LogP) is 1.09. The molecule has 0 radical (unpaired) electrons. The second-order valence-electron chi connectivity index (χ2n) is 4.22. The van der Waals surface area contributed by atoms with Crippen LogP contribution in [0.4, 0.5) is 0 Å². The van der Waals surface area contributed by atoms with Gasteiger partial charge >= 0.3 is 5.97 Å². The average Bonchev–Trinajstić information content (AvgIpc) is 2.37. The molecule has 110 valence electrons. The number of hydrogen-bond acceptors (Lipinski definition) is 4. The molecule has 0 aromatic heterocycles. The van der Waals surface area contributed by atoms with Crippen molar-refractivity contribution in [3.05, 3.63) is 28.2 Å². The minimum atomic E-state index is -1.47. The van der Waals surface area contributed by atoms with Crippen molar-refractivity contribution in [3.63, 3.8) is 0 Å². The highest BCUT2D eigenvalue weighted by Crippen LogP contribution is 2.25. The van der Waals surface area contributed by atoms with Crippen LogP contribution in [0.25, 0.3) is 0 Å². The van der Waals surface area contributed by atoms with Gasteiger partial charge < -0.3 is 20.3 Å². The largest absolute Gasteiger partial charge is 0.483 e. The standard InChI is InChI=1S/C13H16BrNO5/c1-8-2-3-11(9(14)6-8)20-7-12(17)15-5-4-10(16)13(18)19/h2-3,6,10,16H,4-5,7H2,1H3,(H,15,17)(H,18,19). The molecule has 1 atom stereocenters. The molecule has 0 spiro atoms. The number of aliphatic hydroxyl groups excluding tert-OH is 1. The number of amides is 1. The molecule has 0 saturated carbocycles. The van der Waals surface area contributed by atoms with Gasteiger partial charge in [-0.25, -0.2) is 4.79 Å². The molecule has 3 N–H and O–H groups in total. The van der Waals surface area contributed by atoms with E-state index in [0.717, 1.165) is 10.0 Å². The molecule has 0 bridgehead atoms. The summed E-state index contributed by atoms with van der Waals surface area (Å²) in [5.74, 6) is -1.13. The van der Waals surface area contributed by atoms with Gasteiger partial charge in [0.15, 0.2) is 12.7 Å². The highest BCUT2D eigenvalue weighted by atomic mass is 79.9. The van der Waals surface area contributed by atoms with E-state index in [9.17, 15) is 9.59 Å². The molecule has 0 aliphatic rings. The molecule has 7 heteroatoms. The Labute approximate surface area is 124 Å². The minimum absolute atomic E-state index is 0.0463. The molecule has 1 unspecified atom stereocenters. The first-order valence-corrected chi connectivity index (χ1v) is 6.76. The highest BCUT2D eigenvalue weighted by molar-refractivity contribution is 9.10. The van der Waals surface area contributed by atoms with Crippen LogP contribution in [0.5, 0.6) is 5.75 Å². The Morgan fingerprint density at radius 2 is 2.15 bits per heavy atom. The number of benzene rings is 1. The van der Waals surface area contributed by atoms with E-state index < -0.39 is 12.1 Å². The lowest BCUT2D eigenvalue weighted by Gasteiger charge is -2.10. The van der Waals surface area contributed by atoms with E-state index in [-0.39, 0.29) is 25.5 Å². The van der Waals surface area contributed by atoms with Crippen LogP contribution in [-0.2, 0) is 9.59 Å². The zero-order chi connectivity index (χ0) is 15.1. The van der Waals surface area contributed by atoms with Crippen LogP contribution in [0.15, 0.2) is 22.7 Å². The number of carbonyl (C=O) groups is 2. The summed E-state index contributed by atoms with van der Waals surface area (Å²) in [6.07, 6.45) is -1.52. The summed E-state index contributed by atoms with van der Waals surface area (Å²) < 4.78 is 6.08. The van der Waals surface area contributed by atoms with E-state index >= 15 is 0 Å². The Balaban J connectivity index is 2.31. The number of halogens is 1. The van der Waals surface area contributed by atoms with E-state index in [1.54, 1.807) is 6.07 Å². The maximum absolute atomic E-state index is 11.5. The number of carboxylic acid groups (broad SMARTS) is 1. The van der Waals surface area contributed by atoms with Gasteiger partial charge in [0, 0.05) is 13.0 Å². The van der Waals surface area contributed by atoms with Crippen LogP contribution in [0.2, 0.25) is 0 Å². The highest BCUT2D eigenvalue weighted by Gasteiger charge is 2.13. The van der Waals surface area contributed by atoms with Crippen molar-refractivity contribution in [2.24, 2.45) is 0 Å². The lowest BCUT2D eigenvalue weighted by Crippen LogP contribution is -2.33. The molecular formula is C13H16BrNO5. The molecule has 0 aliphatic carbocycles. The monoisotopic (exact) mass is 345 g/mol. The van der Waals surface area contributed by atoms with Crippen molar-refractivity contribution in [1.82, 2.24) is 5.32 Å². The summed E-state index contributed by atoms with van der Waals surface area (Å²) in [6.45, 7) is 1.84. The molecule has 20 heavy (non-hydrogen) atoms. The fourth-order valence-electron chi connectivity index (χ4n) is 1.39. The third kappa shape index (κ3) is 5.58. The SMILES string of the molecule is Cc1ccc(OCC(=O)NCCC(O)C(=O)O)c(Br)c1.